The van der Waals surface area contributed by atoms with E-state index in [1.807, 2.05) is 0 Å². The van der Waals surface area contributed by atoms with Crippen molar-refractivity contribution in [2.75, 3.05) is 11.9 Å². The summed E-state index contributed by atoms with van der Waals surface area (Å²) in [6, 6.07) is 0. The maximum absolute atomic E-state index is 7.57. The van der Waals surface area contributed by atoms with E-state index < -0.39 is 0 Å². The van der Waals surface area contributed by atoms with Crippen LogP contribution >= 0.6 is 23.2 Å². The molecule has 0 saturated heterocycles. The molecule has 0 aromatic carbocycles. The third kappa shape index (κ3) is 112. The molecule has 0 spiro atoms. The molecule has 0 aromatic heterocycles. The highest BCUT2D eigenvalue weighted by molar-refractivity contribution is 6.40. The molecule has 0 amide bonds. The molecule has 0 saturated carbocycles. The first kappa shape index (κ1) is 23.4. The van der Waals surface area contributed by atoms with Crippen molar-refractivity contribution in [1.29, 1.82) is 0 Å². The Morgan fingerprint density at radius 2 is 1.08 bits per heavy atom. The van der Waals surface area contributed by atoms with E-state index in [0.717, 1.165) is 0 Å². The van der Waals surface area contributed by atoms with Crippen LogP contribution in [0, 0.1) is 0 Å². The van der Waals surface area contributed by atoms with Crippen LogP contribution < -0.4 is 0 Å². The van der Waals surface area contributed by atoms with E-state index in [0.29, 0.717) is 0 Å². The van der Waals surface area contributed by atoms with Gasteiger partial charge in [-0.2, -0.15) is 0 Å². The molecule has 13 heavy (non-hydrogen) atoms. The van der Waals surface area contributed by atoms with Crippen molar-refractivity contribution in [1.82, 2.24) is 0 Å². The third-order valence-electron chi connectivity index (χ3n) is 0.957. The van der Waals surface area contributed by atoms with Gasteiger partial charge < -0.3 is 10.6 Å². The predicted molar refractivity (Wildman–Crippen MR) is 62.8 cm³/mol. The van der Waals surface area contributed by atoms with Gasteiger partial charge in [-0.15, -0.1) is 23.2 Å². The number of unbranched alkanes of at least 4 members (excludes halogenated alkanes) is 3. The van der Waals surface area contributed by atoms with Crippen LogP contribution in [0.4, 0.5) is 0 Å². The second-order valence-corrected chi connectivity index (χ2v) is 2.93. The summed E-state index contributed by atoms with van der Waals surface area (Å²) in [6.07, 6.45) is 5.54. The summed E-state index contributed by atoms with van der Waals surface area (Å²) in [4.78, 5) is 0. The topological polar surface area (TPSA) is 51.7 Å². The van der Waals surface area contributed by atoms with Crippen LogP contribution in [0.3, 0.4) is 0 Å². The lowest BCUT2D eigenvalue weighted by Crippen LogP contribution is -1.66. The van der Waals surface area contributed by atoms with E-state index in [9.17, 15) is 0 Å². The van der Waals surface area contributed by atoms with Gasteiger partial charge in [0.1, 0.15) is 0 Å². The lowest BCUT2D eigenvalue weighted by molar-refractivity contribution is 0.318. The number of hydrogen-bond acceptors (Lipinski definition) is 1. The number of rotatable bonds is 3. The summed E-state index contributed by atoms with van der Waals surface area (Å²) in [7, 11) is 0. The molecule has 3 N–H and O–H groups in total. The fourth-order valence-electron chi connectivity index (χ4n) is 0.500. The monoisotopic (exact) mass is 234 g/mol. The van der Waals surface area contributed by atoms with Gasteiger partial charge in [-0.1, -0.05) is 39.5 Å². The Morgan fingerprint density at radius 3 is 1.15 bits per heavy atom. The summed E-state index contributed by atoms with van der Waals surface area (Å²) < 4.78 is 0. The smallest absolute Gasteiger partial charge is 0.0967 e. The van der Waals surface area contributed by atoms with Gasteiger partial charge in [0.2, 0.25) is 0 Å². The highest BCUT2D eigenvalue weighted by Crippen LogP contribution is 1.95. The van der Waals surface area contributed by atoms with E-state index in [1.165, 1.54) is 25.7 Å². The second kappa shape index (κ2) is 39.1. The maximum atomic E-state index is 7.57. The molecular weight excluding hydrogens is 211 g/mol. The van der Waals surface area contributed by atoms with E-state index in [4.69, 9.17) is 28.3 Å². The van der Waals surface area contributed by atoms with Crippen LogP contribution in [-0.4, -0.2) is 22.5 Å². The minimum absolute atomic E-state index is 0. The van der Waals surface area contributed by atoms with E-state index in [1.54, 1.807) is 6.92 Å². The zero-order chi connectivity index (χ0) is 10.2. The van der Waals surface area contributed by atoms with Crippen molar-refractivity contribution in [3.8, 4) is 0 Å². The van der Waals surface area contributed by atoms with Gasteiger partial charge in [0.05, 0.1) is 5.34 Å². The van der Waals surface area contributed by atoms with Gasteiger partial charge >= 0.3 is 0 Å². The molecule has 0 aliphatic heterocycles. The minimum atomic E-state index is 0. The fourth-order valence-corrected chi connectivity index (χ4v) is 0.500. The molecule has 0 bridgehead atoms. The average Bonchev–Trinajstić information content (AvgIpc) is 2.04. The molecule has 0 aromatic rings. The maximum Gasteiger partial charge on any atom is 0.0967 e. The average molecular weight is 235 g/mol. The van der Waals surface area contributed by atoms with E-state index in [2.05, 4.69) is 13.8 Å². The van der Waals surface area contributed by atoms with Crippen LogP contribution in [-0.2, 0) is 0 Å². The van der Waals surface area contributed by atoms with Crippen molar-refractivity contribution in [2.24, 2.45) is 0 Å². The standard InChI is InChI=1S/C6H14.C2H6O.CH2Cl2.H2O/c1-3-5-6-4-2;1-2-3;2-1-3;/h3-6H2,1-2H3;3H,2H2,1H3;1H2;1H2. The summed E-state index contributed by atoms with van der Waals surface area (Å²) in [5.74, 6) is 0. The van der Waals surface area contributed by atoms with Crippen LogP contribution in [0.1, 0.15) is 46.5 Å². The third-order valence-corrected chi connectivity index (χ3v) is 0.957. The molecule has 4 heteroatoms. The number of aliphatic hydroxyl groups is 1. The van der Waals surface area contributed by atoms with Gasteiger partial charge in [-0.3, -0.25) is 0 Å². The van der Waals surface area contributed by atoms with Crippen molar-refractivity contribution in [3.63, 3.8) is 0 Å². The molecule has 0 fully saturated rings. The first-order valence-electron chi connectivity index (χ1n) is 4.47. The van der Waals surface area contributed by atoms with Crippen LogP contribution in [0.2, 0.25) is 0 Å². The Bertz CT molecular complexity index is 40.6. The lowest BCUT2D eigenvalue weighted by atomic mass is 10.2. The summed E-state index contributed by atoms with van der Waals surface area (Å²) in [5.41, 5.74) is 0. The Balaban J connectivity index is -0.0000000501. The number of alkyl halides is 2. The van der Waals surface area contributed by atoms with Crippen LogP contribution in [0.5, 0.6) is 0 Å². The van der Waals surface area contributed by atoms with Gasteiger partial charge in [-0.05, 0) is 6.92 Å². The molecule has 0 radical (unpaired) electrons. The molecule has 0 aliphatic carbocycles. The van der Waals surface area contributed by atoms with Gasteiger partial charge in [0.25, 0.3) is 0 Å². The van der Waals surface area contributed by atoms with Crippen molar-refractivity contribution >= 4 is 23.2 Å². The summed E-state index contributed by atoms with van der Waals surface area (Å²) in [5, 5.41) is 7.76. The minimum Gasteiger partial charge on any atom is -0.412 e. The zero-order valence-electron chi connectivity index (χ0n) is 8.95. The molecule has 0 unspecified atom stereocenters. The highest BCUT2D eigenvalue weighted by atomic mass is 35.5. The fraction of sp³-hybridized carbons (Fsp3) is 1.00. The number of aliphatic hydroxyl groups excluding tert-OH is 1. The second-order valence-electron chi connectivity index (χ2n) is 2.12. The molecule has 0 atom stereocenters. The molecular formula is C9H24Cl2O2. The normalized spacial score (nSPS) is 6.92. The Kier molecular flexibility index (Phi) is 70.3. The van der Waals surface area contributed by atoms with Crippen molar-refractivity contribution in [2.45, 2.75) is 46.5 Å². The molecule has 86 valence electrons. The first-order valence-corrected chi connectivity index (χ1v) is 5.54. The van der Waals surface area contributed by atoms with Crippen molar-refractivity contribution < 1.29 is 10.6 Å². The molecule has 0 heterocycles. The molecule has 0 rings (SSSR count). The lowest BCUT2D eigenvalue weighted by Gasteiger charge is -1.86. The highest BCUT2D eigenvalue weighted by Gasteiger charge is 1.75. The Labute approximate surface area is 92.6 Å². The van der Waals surface area contributed by atoms with E-state index >= 15 is 0 Å². The summed E-state index contributed by atoms with van der Waals surface area (Å²) in [6.45, 7) is 6.39. The largest absolute Gasteiger partial charge is 0.412 e. The number of hydrogen-bond donors (Lipinski definition) is 1. The zero-order valence-corrected chi connectivity index (χ0v) is 10.5. The first-order chi connectivity index (χ1) is 5.74. The SMILES string of the molecule is CCCCCC.CCO.ClCCl.O. The van der Waals surface area contributed by atoms with E-state index in [-0.39, 0.29) is 17.4 Å². The van der Waals surface area contributed by atoms with Gasteiger partial charge in [-0.25, -0.2) is 0 Å². The molecule has 0 aliphatic rings. The van der Waals surface area contributed by atoms with Crippen molar-refractivity contribution in [3.05, 3.63) is 0 Å². The van der Waals surface area contributed by atoms with Gasteiger partial charge in [0.15, 0.2) is 0 Å². The Hall–Kier alpha value is 0.500. The van der Waals surface area contributed by atoms with Crippen LogP contribution in [0.25, 0.3) is 0 Å². The Morgan fingerprint density at radius 1 is 0.923 bits per heavy atom. The predicted octanol–water partition coefficient (Wildman–Crippen LogP) is 3.18. The van der Waals surface area contributed by atoms with Gasteiger partial charge in [0, 0.05) is 6.61 Å². The van der Waals surface area contributed by atoms with Crippen LogP contribution in [0.15, 0.2) is 0 Å². The molecule has 2 nitrogen and oxygen atoms in total. The summed E-state index contributed by atoms with van der Waals surface area (Å²) >= 11 is 9.53. The number of halogens is 2. The quantitative estimate of drug-likeness (QED) is 0.592.